The Bertz CT molecular complexity index is 592. The number of halogens is 4. The quantitative estimate of drug-likeness (QED) is 0.843. The molecule has 0 aliphatic rings. The maximum absolute atomic E-state index is 12.7. The second-order valence-corrected chi connectivity index (χ2v) is 5.12. The summed E-state index contributed by atoms with van der Waals surface area (Å²) < 4.78 is 40.0. The highest BCUT2D eigenvalue weighted by molar-refractivity contribution is 9.10. The van der Waals surface area contributed by atoms with Crippen molar-refractivity contribution in [2.24, 2.45) is 0 Å². The third kappa shape index (κ3) is 2.78. The van der Waals surface area contributed by atoms with Gasteiger partial charge in [-0.1, -0.05) is 13.8 Å². The van der Waals surface area contributed by atoms with Crippen LogP contribution in [0.25, 0.3) is 5.69 Å². The molecule has 2 aromatic rings. The van der Waals surface area contributed by atoms with Crippen LogP contribution in [0.5, 0.6) is 0 Å². The van der Waals surface area contributed by atoms with Gasteiger partial charge in [0.2, 0.25) is 0 Å². The molecule has 0 bridgehead atoms. The van der Waals surface area contributed by atoms with Gasteiger partial charge in [0.1, 0.15) is 0 Å². The average molecular weight is 335 g/mol. The molecule has 0 spiro atoms. The number of rotatable bonds is 2. The standard InChI is InChI=1S/C11H10BrF3N4/c1-6(2)10-16-17-18-19(10)9-5-7(11(13,14)15)3-4-8(9)12/h3-6H,1-2H3. The fourth-order valence-corrected chi connectivity index (χ4v) is 1.99. The molecule has 4 nitrogen and oxygen atoms in total. The van der Waals surface area contributed by atoms with Crippen LogP contribution in [0.15, 0.2) is 22.7 Å². The second-order valence-electron chi connectivity index (χ2n) is 4.27. The molecule has 0 aliphatic heterocycles. The van der Waals surface area contributed by atoms with Gasteiger partial charge in [0.15, 0.2) is 5.82 Å². The molecule has 19 heavy (non-hydrogen) atoms. The molecule has 1 aromatic heterocycles. The molecular formula is C11H10BrF3N4. The highest BCUT2D eigenvalue weighted by Crippen LogP contribution is 2.33. The maximum Gasteiger partial charge on any atom is 0.416 e. The third-order valence-corrected chi connectivity index (χ3v) is 3.18. The summed E-state index contributed by atoms with van der Waals surface area (Å²) in [7, 11) is 0. The van der Waals surface area contributed by atoms with Gasteiger partial charge < -0.3 is 0 Å². The normalized spacial score (nSPS) is 12.2. The molecule has 102 valence electrons. The zero-order valence-corrected chi connectivity index (χ0v) is 11.7. The molecule has 8 heteroatoms. The van der Waals surface area contributed by atoms with Crippen LogP contribution in [-0.4, -0.2) is 20.2 Å². The lowest BCUT2D eigenvalue weighted by molar-refractivity contribution is -0.137. The van der Waals surface area contributed by atoms with Crippen molar-refractivity contribution in [3.63, 3.8) is 0 Å². The van der Waals surface area contributed by atoms with Crippen LogP contribution in [0.1, 0.15) is 31.2 Å². The van der Waals surface area contributed by atoms with E-state index in [1.165, 1.54) is 10.7 Å². The van der Waals surface area contributed by atoms with Gasteiger partial charge >= 0.3 is 6.18 Å². The van der Waals surface area contributed by atoms with E-state index in [9.17, 15) is 13.2 Å². The first kappa shape index (κ1) is 14.0. The third-order valence-electron chi connectivity index (χ3n) is 2.51. The minimum atomic E-state index is -4.40. The first-order valence-corrected chi connectivity index (χ1v) is 6.25. The molecule has 0 saturated carbocycles. The van der Waals surface area contributed by atoms with Gasteiger partial charge in [0.05, 0.1) is 11.3 Å². The predicted octanol–water partition coefficient (Wildman–Crippen LogP) is 3.57. The second kappa shape index (κ2) is 4.92. The van der Waals surface area contributed by atoms with Crippen molar-refractivity contribution >= 4 is 15.9 Å². The summed E-state index contributed by atoms with van der Waals surface area (Å²) in [6, 6.07) is 3.36. The van der Waals surface area contributed by atoms with Crippen molar-refractivity contribution in [1.29, 1.82) is 0 Å². The van der Waals surface area contributed by atoms with Crippen LogP contribution in [-0.2, 0) is 6.18 Å². The fourth-order valence-electron chi connectivity index (χ4n) is 1.58. The van der Waals surface area contributed by atoms with Gasteiger partial charge in [-0.2, -0.15) is 17.9 Å². The molecule has 0 saturated heterocycles. The fraction of sp³-hybridized carbons (Fsp3) is 0.364. The molecule has 1 heterocycles. The summed E-state index contributed by atoms with van der Waals surface area (Å²) in [4.78, 5) is 0. The molecule has 2 rings (SSSR count). The Morgan fingerprint density at radius 3 is 2.53 bits per heavy atom. The maximum atomic E-state index is 12.7. The minimum absolute atomic E-state index is 0.00329. The summed E-state index contributed by atoms with van der Waals surface area (Å²) in [5, 5.41) is 11.1. The summed E-state index contributed by atoms with van der Waals surface area (Å²) in [6.07, 6.45) is -4.40. The van der Waals surface area contributed by atoms with Crippen molar-refractivity contribution < 1.29 is 13.2 Å². The van der Waals surface area contributed by atoms with Crippen molar-refractivity contribution in [2.45, 2.75) is 25.9 Å². The smallest absolute Gasteiger partial charge is 0.196 e. The van der Waals surface area contributed by atoms with Gasteiger partial charge in [-0.3, -0.25) is 0 Å². The topological polar surface area (TPSA) is 43.6 Å². The Labute approximate surface area is 115 Å². The molecule has 0 aliphatic carbocycles. The zero-order chi connectivity index (χ0) is 14.2. The lowest BCUT2D eigenvalue weighted by atomic mass is 10.1. The van der Waals surface area contributed by atoms with Crippen LogP contribution in [0, 0.1) is 0 Å². The average Bonchev–Trinajstić information content (AvgIpc) is 2.76. The largest absolute Gasteiger partial charge is 0.416 e. The molecular weight excluding hydrogens is 325 g/mol. The van der Waals surface area contributed by atoms with Crippen molar-refractivity contribution in [2.75, 3.05) is 0 Å². The number of aromatic nitrogens is 4. The van der Waals surface area contributed by atoms with E-state index < -0.39 is 11.7 Å². The number of hydrogen-bond donors (Lipinski definition) is 0. The number of alkyl halides is 3. The van der Waals surface area contributed by atoms with Gasteiger partial charge in [0, 0.05) is 10.4 Å². The van der Waals surface area contributed by atoms with E-state index >= 15 is 0 Å². The van der Waals surface area contributed by atoms with Crippen molar-refractivity contribution in [3.8, 4) is 5.69 Å². The molecule has 0 atom stereocenters. The van der Waals surface area contributed by atoms with E-state index in [1.54, 1.807) is 0 Å². The summed E-state index contributed by atoms with van der Waals surface area (Å²) in [5.41, 5.74) is -0.473. The Kier molecular flexibility index (Phi) is 3.62. The number of hydrogen-bond acceptors (Lipinski definition) is 3. The zero-order valence-electron chi connectivity index (χ0n) is 10.1. The Hall–Kier alpha value is -1.44. The molecule has 1 aromatic carbocycles. The van der Waals surface area contributed by atoms with Crippen LogP contribution in [0.4, 0.5) is 13.2 Å². The summed E-state index contributed by atoms with van der Waals surface area (Å²) >= 11 is 3.22. The van der Waals surface area contributed by atoms with E-state index in [0.29, 0.717) is 10.3 Å². The Morgan fingerprint density at radius 1 is 1.26 bits per heavy atom. The SMILES string of the molecule is CC(C)c1nnnn1-c1cc(C(F)(F)F)ccc1Br. The van der Waals surface area contributed by atoms with E-state index in [1.807, 2.05) is 13.8 Å². The Morgan fingerprint density at radius 2 is 1.95 bits per heavy atom. The van der Waals surface area contributed by atoms with Gasteiger partial charge in [0.25, 0.3) is 0 Å². The van der Waals surface area contributed by atoms with Crippen LogP contribution < -0.4 is 0 Å². The van der Waals surface area contributed by atoms with Crippen LogP contribution >= 0.6 is 15.9 Å². The van der Waals surface area contributed by atoms with Crippen molar-refractivity contribution in [1.82, 2.24) is 20.2 Å². The van der Waals surface area contributed by atoms with Crippen LogP contribution in [0.2, 0.25) is 0 Å². The Balaban J connectivity index is 2.58. The molecule has 0 N–H and O–H groups in total. The van der Waals surface area contributed by atoms with Gasteiger partial charge in [-0.25, -0.2) is 0 Å². The molecule has 0 amide bonds. The first-order valence-electron chi connectivity index (χ1n) is 5.46. The predicted molar refractivity (Wildman–Crippen MR) is 65.9 cm³/mol. The molecule has 0 fully saturated rings. The first-order chi connectivity index (χ1) is 8.80. The van der Waals surface area contributed by atoms with E-state index in [4.69, 9.17) is 0 Å². The van der Waals surface area contributed by atoms with E-state index in [0.717, 1.165) is 12.1 Å². The highest BCUT2D eigenvalue weighted by Gasteiger charge is 2.31. The van der Waals surface area contributed by atoms with E-state index in [-0.39, 0.29) is 11.6 Å². The minimum Gasteiger partial charge on any atom is -0.196 e. The highest BCUT2D eigenvalue weighted by atomic mass is 79.9. The number of tetrazole rings is 1. The molecule has 0 radical (unpaired) electrons. The van der Waals surface area contributed by atoms with Gasteiger partial charge in [-0.05, 0) is 44.6 Å². The van der Waals surface area contributed by atoms with Gasteiger partial charge in [-0.15, -0.1) is 5.10 Å². The lowest BCUT2D eigenvalue weighted by Gasteiger charge is -2.12. The monoisotopic (exact) mass is 334 g/mol. The summed E-state index contributed by atoms with van der Waals surface area (Å²) in [5.74, 6) is 0.497. The lowest BCUT2D eigenvalue weighted by Crippen LogP contribution is -2.09. The summed E-state index contributed by atoms with van der Waals surface area (Å²) in [6.45, 7) is 3.73. The molecule has 0 unspecified atom stereocenters. The number of nitrogens with zero attached hydrogens (tertiary/aromatic N) is 4. The van der Waals surface area contributed by atoms with E-state index in [2.05, 4.69) is 31.5 Å². The van der Waals surface area contributed by atoms with Crippen LogP contribution in [0.3, 0.4) is 0 Å². The number of benzene rings is 1. The van der Waals surface area contributed by atoms with Crippen molar-refractivity contribution in [3.05, 3.63) is 34.1 Å².